The molecule has 0 amide bonds. The van der Waals surface area contributed by atoms with Gasteiger partial charge < -0.3 is 10.6 Å². The molecule has 10 heteroatoms. The van der Waals surface area contributed by atoms with Crippen molar-refractivity contribution < 1.29 is 16.8 Å². The maximum atomic E-state index is 12.8. The minimum atomic E-state index is -3.47. The molecule has 28 heavy (non-hydrogen) atoms. The lowest BCUT2D eigenvalue weighted by Gasteiger charge is -2.26. The van der Waals surface area contributed by atoms with E-state index in [9.17, 15) is 16.8 Å². The number of nitrogens with one attached hydrogen (secondary N) is 2. The molecule has 2 aliphatic heterocycles. The molecule has 2 saturated heterocycles. The first-order valence-corrected chi connectivity index (χ1v) is 12.8. The van der Waals surface area contributed by atoms with Crippen LogP contribution in [0, 0.1) is 0 Å². The largest absolute Gasteiger partial charge is 0.353 e. The standard InChI is InChI=1S/C18H28N4O4S2/c1-19-18(21-16-8-11-27(23,24)14-16)20-13-15-6-5-7-17(12-15)28(25,26)22-9-3-2-4-10-22/h5-7,12,16H,2-4,8-11,13-14H2,1H3,(H2,19,20,21). The van der Waals surface area contributed by atoms with Crippen LogP contribution in [0.15, 0.2) is 34.2 Å². The average molecular weight is 429 g/mol. The summed E-state index contributed by atoms with van der Waals surface area (Å²) in [5, 5.41) is 6.26. The molecule has 0 aliphatic carbocycles. The Balaban J connectivity index is 1.62. The lowest BCUT2D eigenvalue weighted by molar-refractivity contribution is 0.346. The second-order valence-corrected chi connectivity index (χ2v) is 11.4. The van der Waals surface area contributed by atoms with Crippen molar-refractivity contribution in [1.29, 1.82) is 0 Å². The van der Waals surface area contributed by atoms with Crippen LogP contribution >= 0.6 is 0 Å². The number of sulfone groups is 1. The van der Waals surface area contributed by atoms with Gasteiger partial charge in [0.1, 0.15) is 0 Å². The molecule has 1 atom stereocenters. The van der Waals surface area contributed by atoms with Crippen molar-refractivity contribution in [2.45, 2.75) is 43.2 Å². The number of rotatable bonds is 5. The number of piperidine rings is 1. The van der Waals surface area contributed by atoms with Crippen molar-refractivity contribution in [2.75, 3.05) is 31.6 Å². The van der Waals surface area contributed by atoms with Crippen molar-refractivity contribution in [3.63, 3.8) is 0 Å². The van der Waals surface area contributed by atoms with Crippen LogP contribution in [0.3, 0.4) is 0 Å². The molecule has 2 fully saturated rings. The summed E-state index contributed by atoms with van der Waals surface area (Å²) >= 11 is 0. The second kappa shape index (κ2) is 8.79. The first kappa shape index (κ1) is 21.1. The van der Waals surface area contributed by atoms with E-state index in [1.807, 2.05) is 6.07 Å². The fourth-order valence-electron chi connectivity index (χ4n) is 3.55. The Morgan fingerprint density at radius 1 is 1.25 bits per heavy atom. The molecular formula is C18H28N4O4S2. The monoisotopic (exact) mass is 428 g/mol. The summed E-state index contributed by atoms with van der Waals surface area (Å²) in [6.45, 7) is 1.54. The molecule has 0 aromatic heterocycles. The van der Waals surface area contributed by atoms with Crippen LogP contribution in [-0.4, -0.2) is 64.8 Å². The Labute approximate surface area is 167 Å². The molecule has 156 valence electrons. The van der Waals surface area contributed by atoms with E-state index in [1.54, 1.807) is 29.6 Å². The van der Waals surface area contributed by atoms with E-state index in [1.165, 1.54) is 0 Å². The fraction of sp³-hybridized carbons (Fsp3) is 0.611. The average Bonchev–Trinajstić information content (AvgIpc) is 3.04. The molecule has 2 heterocycles. The van der Waals surface area contributed by atoms with Gasteiger partial charge >= 0.3 is 0 Å². The van der Waals surface area contributed by atoms with Crippen LogP contribution in [0.4, 0.5) is 0 Å². The third-order valence-corrected chi connectivity index (χ3v) is 8.77. The van der Waals surface area contributed by atoms with Crippen LogP contribution in [0.2, 0.25) is 0 Å². The summed E-state index contributed by atoms with van der Waals surface area (Å²) in [7, 11) is -4.81. The van der Waals surface area contributed by atoms with E-state index in [2.05, 4.69) is 15.6 Å². The molecule has 1 aromatic rings. The highest BCUT2D eigenvalue weighted by molar-refractivity contribution is 7.91. The van der Waals surface area contributed by atoms with Crippen LogP contribution in [0.25, 0.3) is 0 Å². The Morgan fingerprint density at radius 3 is 2.64 bits per heavy atom. The summed E-state index contributed by atoms with van der Waals surface area (Å²) in [5.74, 6) is 0.807. The molecule has 0 saturated carbocycles. The molecule has 1 unspecified atom stereocenters. The van der Waals surface area contributed by atoms with Crippen LogP contribution in [0.1, 0.15) is 31.2 Å². The van der Waals surface area contributed by atoms with Crippen LogP contribution in [0.5, 0.6) is 0 Å². The lowest BCUT2D eigenvalue weighted by atomic mass is 10.2. The highest BCUT2D eigenvalue weighted by Crippen LogP contribution is 2.21. The fourth-order valence-corrected chi connectivity index (χ4v) is 6.81. The van der Waals surface area contributed by atoms with Gasteiger partial charge in [0.05, 0.1) is 16.4 Å². The zero-order chi connectivity index (χ0) is 20.2. The van der Waals surface area contributed by atoms with E-state index in [-0.39, 0.29) is 17.5 Å². The van der Waals surface area contributed by atoms with Gasteiger partial charge in [0.15, 0.2) is 15.8 Å². The van der Waals surface area contributed by atoms with Crippen LogP contribution < -0.4 is 10.6 Å². The molecule has 8 nitrogen and oxygen atoms in total. The van der Waals surface area contributed by atoms with Crippen molar-refractivity contribution >= 4 is 25.8 Å². The van der Waals surface area contributed by atoms with Crippen molar-refractivity contribution in [2.24, 2.45) is 4.99 Å². The van der Waals surface area contributed by atoms with E-state index in [0.717, 1.165) is 24.8 Å². The third-order valence-electron chi connectivity index (χ3n) is 5.11. The van der Waals surface area contributed by atoms with Gasteiger partial charge in [-0.05, 0) is 37.0 Å². The molecule has 1 aromatic carbocycles. The Hall–Kier alpha value is -1.65. The number of guanidine groups is 1. The topological polar surface area (TPSA) is 108 Å². The first-order chi connectivity index (χ1) is 13.3. The van der Waals surface area contributed by atoms with Gasteiger partial charge in [0.2, 0.25) is 10.0 Å². The first-order valence-electron chi connectivity index (χ1n) is 9.57. The van der Waals surface area contributed by atoms with E-state index in [0.29, 0.717) is 36.9 Å². The van der Waals surface area contributed by atoms with Crippen LogP contribution in [-0.2, 0) is 26.4 Å². The van der Waals surface area contributed by atoms with E-state index >= 15 is 0 Å². The quantitative estimate of drug-likeness (QED) is 0.528. The summed E-state index contributed by atoms with van der Waals surface area (Å²) in [4.78, 5) is 4.44. The smallest absolute Gasteiger partial charge is 0.243 e. The number of sulfonamides is 1. The Bertz CT molecular complexity index is 923. The molecule has 0 spiro atoms. The summed E-state index contributed by atoms with van der Waals surface area (Å²) in [6.07, 6.45) is 3.44. The van der Waals surface area contributed by atoms with Gasteiger partial charge in [-0.15, -0.1) is 0 Å². The molecular weight excluding hydrogens is 400 g/mol. The van der Waals surface area contributed by atoms with E-state index in [4.69, 9.17) is 0 Å². The van der Waals surface area contributed by atoms with Gasteiger partial charge in [-0.3, -0.25) is 4.99 Å². The SMILES string of the molecule is CN=C(NCc1cccc(S(=O)(=O)N2CCCCC2)c1)NC1CCS(=O)(=O)C1. The van der Waals surface area contributed by atoms with Gasteiger partial charge in [0, 0.05) is 32.7 Å². The zero-order valence-corrected chi connectivity index (χ0v) is 17.7. The van der Waals surface area contributed by atoms with Crippen molar-refractivity contribution in [1.82, 2.24) is 14.9 Å². The minimum absolute atomic E-state index is 0.108. The predicted octanol–water partition coefficient (Wildman–Crippen LogP) is 0.713. The van der Waals surface area contributed by atoms with Crippen molar-refractivity contribution in [3.05, 3.63) is 29.8 Å². The zero-order valence-electron chi connectivity index (χ0n) is 16.1. The number of aliphatic imine (C=N–C) groups is 1. The van der Waals surface area contributed by atoms with Gasteiger partial charge in [-0.25, -0.2) is 16.8 Å². The number of hydrogen-bond donors (Lipinski definition) is 2. The van der Waals surface area contributed by atoms with Crippen molar-refractivity contribution in [3.8, 4) is 0 Å². The highest BCUT2D eigenvalue weighted by atomic mass is 32.2. The molecule has 2 N–H and O–H groups in total. The number of hydrogen-bond acceptors (Lipinski definition) is 5. The highest BCUT2D eigenvalue weighted by Gasteiger charge is 2.28. The maximum Gasteiger partial charge on any atom is 0.243 e. The second-order valence-electron chi connectivity index (χ2n) is 7.28. The summed E-state index contributed by atoms with van der Waals surface area (Å²) in [6, 6.07) is 6.76. The van der Waals surface area contributed by atoms with Gasteiger partial charge in [0.25, 0.3) is 0 Å². The summed E-state index contributed by atoms with van der Waals surface area (Å²) in [5.41, 5.74) is 0.820. The Morgan fingerprint density at radius 2 is 2.00 bits per heavy atom. The third kappa shape index (κ3) is 5.24. The predicted molar refractivity (Wildman–Crippen MR) is 109 cm³/mol. The van der Waals surface area contributed by atoms with Gasteiger partial charge in [-0.1, -0.05) is 18.6 Å². The van der Waals surface area contributed by atoms with E-state index < -0.39 is 19.9 Å². The Kier molecular flexibility index (Phi) is 6.61. The minimum Gasteiger partial charge on any atom is -0.353 e. The maximum absolute atomic E-state index is 12.8. The normalized spacial score (nSPS) is 23.5. The molecule has 0 bridgehead atoms. The molecule has 2 aliphatic rings. The summed E-state index contributed by atoms with van der Waals surface area (Å²) < 4.78 is 50.4. The number of benzene rings is 1. The number of nitrogens with zero attached hydrogens (tertiary/aromatic N) is 2. The lowest BCUT2D eigenvalue weighted by Crippen LogP contribution is -2.43. The molecule has 3 rings (SSSR count). The van der Waals surface area contributed by atoms with Gasteiger partial charge in [-0.2, -0.15) is 4.31 Å². The molecule has 0 radical (unpaired) electrons.